The molecule has 0 atom stereocenters. The van der Waals surface area contributed by atoms with Crippen molar-refractivity contribution in [1.29, 1.82) is 0 Å². The number of H-pyrrole nitrogens is 1. The molecule has 3 rings (SSSR count). The van der Waals surface area contributed by atoms with Crippen molar-refractivity contribution in [2.45, 2.75) is 33.6 Å². The molecule has 0 saturated carbocycles. The Morgan fingerprint density at radius 2 is 2.13 bits per heavy atom. The molecule has 0 fully saturated rings. The Morgan fingerprint density at radius 1 is 1.35 bits per heavy atom. The quantitative estimate of drug-likeness (QED) is 0.852. The molecule has 0 bridgehead atoms. The molecule has 0 spiro atoms. The lowest BCUT2D eigenvalue weighted by Crippen LogP contribution is -2.20. The summed E-state index contributed by atoms with van der Waals surface area (Å²) in [6.07, 6.45) is 9.71. The summed E-state index contributed by atoms with van der Waals surface area (Å²) < 4.78 is 0. The van der Waals surface area contributed by atoms with Gasteiger partial charge in [0, 0.05) is 24.4 Å². The third-order valence-corrected chi connectivity index (χ3v) is 4.03. The van der Waals surface area contributed by atoms with E-state index in [0.717, 1.165) is 24.1 Å². The van der Waals surface area contributed by atoms with Gasteiger partial charge in [-0.25, -0.2) is 9.97 Å². The zero-order chi connectivity index (χ0) is 16.6. The normalized spacial score (nSPS) is 15.3. The lowest BCUT2D eigenvalue weighted by molar-refractivity contribution is 0.0860. The van der Waals surface area contributed by atoms with Gasteiger partial charge >= 0.3 is 0 Å². The summed E-state index contributed by atoms with van der Waals surface area (Å²) in [6, 6.07) is 0. The van der Waals surface area contributed by atoms with Crippen molar-refractivity contribution in [3.8, 4) is 0 Å². The van der Waals surface area contributed by atoms with Crippen LogP contribution in [-0.4, -0.2) is 27.8 Å². The second-order valence-corrected chi connectivity index (χ2v) is 6.85. The SMILES string of the molecule is CNC1=CC(c2cnc3[nH]cc(C(=O)C(C)(C)C)c3n2)=CCC1. The number of fused-ring (bicyclic) bond motifs is 1. The van der Waals surface area contributed by atoms with Crippen molar-refractivity contribution in [3.05, 3.63) is 41.5 Å². The van der Waals surface area contributed by atoms with Crippen molar-refractivity contribution < 1.29 is 4.79 Å². The number of aromatic amines is 1. The minimum absolute atomic E-state index is 0.0688. The van der Waals surface area contributed by atoms with Crippen LogP contribution in [0.3, 0.4) is 0 Å². The van der Waals surface area contributed by atoms with E-state index in [9.17, 15) is 4.79 Å². The average molecular weight is 310 g/mol. The number of rotatable bonds is 3. The molecule has 2 heterocycles. The summed E-state index contributed by atoms with van der Waals surface area (Å²) in [7, 11) is 1.93. The third-order valence-electron chi connectivity index (χ3n) is 4.03. The summed E-state index contributed by atoms with van der Waals surface area (Å²) in [5.41, 5.74) is 4.48. The molecule has 0 saturated heterocycles. The van der Waals surface area contributed by atoms with Gasteiger partial charge in [-0.3, -0.25) is 4.79 Å². The van der Waals surface area contributed by atoms with Crippen molar-refractivity contribution in [2.75, 3.05) is 7.05 Å². The first kappa shape index (κ1) is 15.5. The largest absolute Gasteiger partial charge is 0.391 e. The summed E-state index contributed by atoms with van der Waals surface area (Å²) in [5.74, 6) is 0.0688. The van der Waals surface area contributed by atoms with Crippen LogP contribution < -0.4 is 5.32 Å². The van der Waals surface area contributed by atoms with Gasteiger partial charge in [0.15, 0.2) is 11.4 Å². The van der Waals surface area contributed by atoms with Gasteiger partial charge in [0.25, 0.3) is 0 Å². The number of hydrogen-bond donors (Lipinski definition) is 2. The lowest BCUT2D eigenvalue weighted by Gasteiger charge is -2.16. The van der Waals surface area contributed by atoms with Crippen LogP contribution in [0.2, 0.25) is 0 Å². The van der Waals surface area contributed by atoms with E-state index in [-0.39, 0.29) is 5.78 Å². The van der Waals surface area contributed by atoms with Gasteiger partial charge in [0.05, 0.1) is 17.5 Å². The molecule has 2 aromatic rings. The third kappa shape index (κ3) is 2.91. The molecule has 0 amide bonds. The fourth-order valence-corrected chi connectivity index (χ4v) is 2.69. The summed E-state index contributed by atoms with van der Waals surface area (Å²) >= 11 is 0. The Kier molecular flexibility index (Phi) is 3.80. The second-order valence-electron chi connectivity index (χ2n) is 6.85. The van der Waals surface area contributed by atoms with Crippen LogP contribution in [-0.2, 0) is 0 Å². The highest BCUT2D eigenvalue weighted by Crippen LogP contribution is 2.27. The van der Waals surface area contributed by atoms with E-state index in [1.54, 1.807) is 12.4 Å². The maximum Gasteiger partial charge on any atom is 0.171 e. The van der Waals surface area contributed by atoms with Crippen LogP contribution in [0.25, 0.3) is 16.7 Å². The van der Waals surface area contributed by atoms with Crippen LogP contribution in [0.15, 0.2) is 30.2 Å². The zero-order valence-electron chi connectivity index (χ0n) is 14.0. The Bertz CT molecular complexity index is 821. The highest BCUT2D eigenvalue weighted by Gasteiger charge is 2.26. The molecule has 0 unspecified atom stereocenters. The van der Waals surface area contributed by atoms with Crippen LogP contribution in [0.5, 0.6) is 0 Å². The molecule has 120 valence electrons. The van der Waals surface area contributed by atoms with Gasteiger partial charge in [0.2, 0.25) is 0 Å². The molecule has 1 aliphatic carbocycles. The highest BCUT2D eigenvalue weighted by molar-refractivity contribution is 6.08. The Balaban J connectivity index is 2.07. The number of ketones is 1. The molecular weight excluding hydrogens is 288 g/mol. The molecule has 0 radical (unpaired) electrons. The van der Waals surface area contributed by atoms with Gasteiger partial charge in [0.1, 0.15) is 5.52 Å². The van der Waals surface area contributed by atoms with Crippen LogP contribution in [0.1, 0.15) is 49.7 Å². The number of aromatic nitrogens is 3. The second kappa shape index (κ2) is 5.65. The predicted octanol–water partition coefficient (Wildman–Crippen LogP) is 3.47. The summed E-state index contributed by atoms with van der Waals surface area (Å²) in [4.78, 5) is 24.8. The molecule has 0 aromatic carbocycles. The number of Topliss-reactive ketones (excluding diaryl/α,β-unsaturated/α-hetero) is 1. The first-order valence-electron chi connectivity index (χ1n) is 7.88. The Morgan fingerprint density at radius 3 is 2.83 bits per heavy atom. The number of nitrogens with zero attached hydrogens (tertiary/aromatic N) is 2. The zero-order valence-corrected chi connectivity index (χ0v) is 14.0. The highest BCUT2D eigenvalue weighted by atomic mass is 16.1. The van der Waals surface area contributed by atoms with E-state index >= 15 is 0 Å². The van der Waals surface area contributed by atoms with E-state index in [0.29, 0.717) is 16.7 Å². The molecule has 23 heavy (non-hydrogen) atoms. The first-order valence-corrected chi connectivity index (χ1v) is 7.88. The van der Waals surface area contributed by atoms with Crippen molar-refractivity contribution in [1.82, 2.24) is 20.3 Å². The van der Waals surface area contributed by atoms with Crippen molar-refractivity contribution in [3.63, 3.8) is 0 Å². The van der Waals surface area contributed by atoms with Crippen LogP contribution in [0, 0.1) is 5.41 Å². The maximum atomic E-state index is 12.6. The smallest absolute Gasteiger partial charge is 0.171 e. The topological polar surface area (TPSA) is 70.7 Å². The molecule has 0 aliphatic heterocycles. The lowest BCUT2D eigenvalue weighted by atomic mass is 9.87. The fraction of sp³-hybridized carbons (Fsp3) is 0.389. The predicted molar refractivity (Wildman–Crippen MR) is 92.0 cm³/mol. The van der Waals surface area contributed by atoms with E-state index < -0.39 is 5.41 Å². The van der Waals surface area contributed by atoms with Gasteiger partial charge in [-0.15, -0.1) is 0 Å². The standard InChI is InChI=1S/C18H22N4O/c1-18(2,3)16(23)13-9-20-17-15(13)22-14(10-21-17)11-6-5-7-12(8-11)19-4/h6,8-10,19H,5,7H2,1-4H3,(H,20,21). The van der Waals surface area contributed by atoms with E-state index in [1.165, 1.54) is 5.70 Å². The van der Waals surface area contributed by atoms with Crippen molar-refractivity contribution >= 4 is 22.5 Å². The van der Waals surface area contributed by atoms with Crippen LogP contribution >= 0.6 is 0 Å². The monoisotopic (exact) mass is 310 g/mol. The Hall–Kier alpha value is -2.43. The van der Waals surface area contributed by atoms with Gasteiger partial charge < -0.3 is 10.3 Å². The summed E-state index contributed by atoms with van der Waals surface area (Å²) in [6.45, 7) is 5.74. The van der Waals surface area contributed by atoms with Gasteiger partial charge in [-0.2, -0.15) is 0 Å². The van der Waals surface area contributed by atoms with E-state index in [1.807, 2.05) is 27.8 Å². The summed E-state index contributed by atoms with van der Waals surface area (Å²) in [5, 5.41) is 3.20. The molecule has 5 heteroatoms. The fourth-order valence-electron chi connectivity index (χ4n) is 2.69. The molecule has 5 nitrogen and oxygen atoms in total. The maximum absolute atomic E-state index is 12.6. The number of carbonyl (C=O) groups is 1. The average Bonchev–Trinajstić information content (AvgIpc) is 2.96. The molecule has 2 aromatic heterocycles. The van der Waals surface area contributed by atoms with Crippen molar-refractivity contribution in [2.24, 2.45) is 5.41 Å². The van der Waals surface area contributed by atoms with Gasteiger partial charge in [-0.05, 0) is 24.5 Å². The number of nitrogens with one attached hydrogen (secondary N) is 2. The minimum atomic E-state index is -0.448. The minimum Gasteiger partial charge on any atom is -0.391 e. The molecule has 1 aliphatic rings. The van der Waals surface area contributed by atoms with E-state index in [2.05, 4.69) is 27.4 Å². The van der Waals surface area contributed by atoms with Crippen LogP contribution in [0.4, 0.5) is 0 Å². The number of carbonyl (C=O) groups excluding carboxylic acids is 1. The number of allylic oxidation sites excluding steroid dienone is 4. The number of hydrogen-bond acceptors (Lipinski definition) is 4. The molecule has 2 N–H and O–H groups in total. The molecular formula is C18H22N4O. The van der Waals surface area contributed by atoms with E-state index in [4.69, 9.17) is 4.98 Å². The Labute approximate surface area is 135 Å². The first-order chi connectivity index (χ1) is 10.9. The van der Waals surface area contributed by atoms with Gasteiger partial charge in [-0.1, -0.05) is 26.8 Å².